The van der Waals surface area contributed by atoms with Crippen molar-refractivity contribution in [1.29, 1.82) is 0 Å². The lowest BCUT2D eigenvalue weighted by Crippen LogP contribution is -2.69. The largest absolute Gasteiger partial charge is 0.336 e. The quantitative estimate of drug-likeness (QED) is 0.844. The van der Waals surface area contributed by atoms with E-state index in [2.05, 4.69) is 15.5 Å². The summed E-state index contributed by atoms with van der Waals surface area (Å²) in [4.78, 5) is 13.5. The lowest BCUT2D eigenvalue weighted by molar-refractivity contribution is 0.0410. The van der Waals surface area contributed by atoms with E-state index in [1.165, 1.54) is 6.07 Å². The van der Waals surface area contributed by atoms with Crippen molar-refractivity contribution in [2.75, 3.05) is 20.6 Å². The van der Waals surface area contributed by atoms with E-state index in [1.54, 1.807) is 12.1 Å². The summed E-state index contributed by atoms with van der Waals surface area (Å²) >= 11 is 0. The minimum absolute atomic E-state index is 0.107. The molecule has 1 spiro atoms. The minimum Gasteiger partial charge on any atom is -0.336 e. The Bertz CT molecular complexity index is 519. The number of likely N-dealkylation sites (N-methyl/N-ethyl adjacent to an activating group) is 1. The van der Waals surface area contributed by atoms with Crippen molar-refractivity contribution in [1.82, 2.24) is 15.5 Å². The highest BCUT2D eigenvalue weighted by molar-refractivity contribution is 5.78. The number of carbonyl (C=O) groups excluding carboxylic acids is 1. The molecule has 2 aliphatic rings. The summed E-state index contributed by atoms with van der Waals surface area (Å²) in [7, 11) is 4.00. The second kappa shape index (κ2) is 4.20. The standard InChI is InChI=1S/C14H18FN3O/c1-18(2)12-11(9-4-3-5-10(15)6-9)7-14(12)8-16-13(19)17-14/h3-6,11-12H,7-8H2,1-2H3,(H2,16,17,19). The first-order valence-electron chi connectivity index (χ1n) is 6.50. The highest BCUT2D eigenvalue weighted by atomic mass is 19.1. The molecule has 1 heterocycles. The molecule has 1 saturated carbocycles. The van der Waals surface area contributed by atoms with Crippen molar-refractivity contribution in [2.24, 2.45) is 0 Å². The van der Waals surface area contributed by atoms with Crippen LogP contribution in [0.25, 0.3) is 0 Å². The Morgan fingerprint density at radius 3 is 2.79 bits per heavy atom. The Morgan fingerprint density at radius 2 is 2.21 bits per heavy atom. The lowest BCUT2D eigenvalue weighted by atomic mass is 9.61. The van der Waals surface area contributed by atoms with E-state index in [9.17, 15) is 9.18 Å². The van der Waals surface area contributed by atoms with Crippen LogP contribution >= 0.6 is 0 Å². The molecule has 3 rings (SSSR count). The fraction of sp³-hybridized carbons (Fsp3) is 0.500. The minimum atomic E-state index is -0.211. The molecule has 1 saturated heterocycles. The van der Waals surface area contributed by atoms with Crippen LogP contribution in [0.1, 0.15) is 17.9 Å². The first kappa shape index (κ1) is 12.4. The molecular formula is C14H18FN3O. The number of benzene rings is 1. The van der Waals surface area contributed by atoms with Gasteiger partial charge in [0.1, 0.15) is 5.82 Å². The van der Waals surface area contributed by atoms with Crippen molar-refractivity contribution in [3.05, 3.63) is 35.6 Å². The predicted octanol–water partition coefficient (Wildman–Crippen LogP) is 1.29. The number of nitrogens with zero attached hydrogens (tertiary/aromatic N) is 1. The van der Waals surface area contributed by atoms with Crippen LogP contribution in [-0.4, -0.2) is 43.2 Å². The third kappa shape index (κ3) is 1.89. The summed E-state index contributed by atoms with van der Waals surface area (Å²) in [5.41, 5.74) is 0.794. The van der Waals surface area contributed by atoms with E-state index in [0.29, 0.717) is 6.54 Å². The first-order valence-corrected chi connectivity index (χ1v) is 6.50. The van der Waals surface area contributed by atoms with Gasteiger partial charge in [0.05, 0.1) is 5.54 Å². The van der Waals surface area contributed by atoms with Gasteiger partial charge < -0.3 is 15.5 Å². The molecule has 1 aromatic rings. The molecule has 0 radical (unpaired) electrons. The summed E-state index contributed by atoms with van der Waals surface area (Å²) < 4.78 is 13.4. The molecule has 0 aromatic heterocycles. The van der Waals surface area contributed by atoms with Gasteiger partial charge in [0, 0.05) is 18.5 Å². The topological polar surface area (TPSA) is 44.4 Å². The molecule has 2 amide bonds. The lowest BCUT2D eigenvalue weighted by Gasteiger charge is -2.55. The molecule has 2 N–H and O–H groups in total. The summed E-state index contributed by atoms with van der Waals surface area (Å²) in [5.74, 6) is 0.0513. The van der Waals surface area contributed by atoms with Crippen molar-refractivity contribution in [3.63, 3.8) is 0 Å². The Morgan fingerprint density at radius 1 is 1.42 bits per heavy atom. The van der Waals surface area contributed by atoms with Gasteiger partial charge in [-0.15, -0.1) is 0 Å². The number of rotatable bonds is 2. The van der Waals surface area contributed by atoms with E-state index in [0.717, 1.165) is 12.0 Å². The zero-order valence-corrected chi connectivity index (χ0v) is 11.1. The van der Waals surface area contributed by atoms with Crippen LogP contribution in [0.5, 0.6) is 0 Å². The van der Waals surface area contributed by atoms with Gasteiger partial charge in [-0.05, 0) is 38.2 Å². The van der Waals surface area contributed by atoms with Crippen molar-refractivity contribution in [3.8, 4) is 0 Å². The first-order chi connectivity index (χ1) is 9.02. The zero-order valence-electron chi connectivity index (χ0n) is 11.1. The van der Waals surface area contributed by atoms with Crippen LogP contribution in [0.4, 0.5) is 9.18 Å². The fourth-order valence-electron chi connectivity index (χ4n) is 3.60. The molecule has 3 unspecified atom stereocenters. The molecule has 5 heteroatoms. The van der Waals surface area contributed by atoms with Gasteiger partial charge in [-0.1, -0.05) is 12.1 Å². The third-order valence-electron chi connectivity index (χ3n) is 4.29. The van der Waals surface area contributed by atoms with Gasteiger partial charge in [0.25, 0.3) is 0 Å². The SMILES string of the molecule is CN(C)C1C(c2cccc(F)c2)CC12CNC(=O)N2. The fourth-order valence-corrected chi connectivity index (χ4v) is 3.60. The van der Waals surface area contributed by atoms with Gasteiger partial charge in [0.2, 0.25) is 0 Å². The predicted molar refractivity (Wildman–Crippen MR) is 70.5 cm³/mol. The van der Waals surface area contributed by atoms with E-state index in [-0.39, 0.29) is 29.3 Å². The second-order valence-corrected chi connectivity index (χ2v) is 5.74. The van der Waals surface area contributed by atoms with Crippen LogP contribution in [0, 0.1) is 5.82 Å². The molecule has 1 aliphatic carbocycles. The number of urea groups is 1. The van der Waals surface area contributed by atoms with Gasteiger partial charge in [0.15, 0.2) is 0 Å². The van der Waals surface area contributed by atoms with Crippen molar-refractivity contribution < 1.29 is 9.18 Å². The summed E-state index contributed by atoms with van der Waals surface area (Å²) in [5, 5.41) is 5.86. The van der Waals surface area contributed by atoms with Crippen LogP contribution in [0.15, 0.2) is 24.3 Å². The smallest absolute Gasteiger partial charge is 0.315 e. The number of halogens is 1. The molecule has 3 atom stereocenters. The van der Waals surface area contributed by atoms with Crippen LogP contribution in [0.3, 0.4) is 0 Å². The zero-order chi connectivity index (χ0) is 13.6. The Labute approximate surface area is 112 Å². The van der Waals surface area contributed by atoms with E-state index >= 15 is 0 Å². The van der Waals surface area contributed by atoms with Gasteiger partial charge >= 0.3 is 6.03 Å². The monoisotopic (exact) mass is 263 g/mol. The Balaban J connectivity index is 1.87. The maximum Gasteiger partial charge on any atom is 0.315 e. The Kier molecular flexibility index (Phi) is 2.74. The number of hydrogen-bond donors (Lipinski definition) is 2. The molecule has 0 bridgehead atoms. The number of carbonyl (C=O) groups is 1. The van der Waals surface area contributed by atoms with E-state index in [4.69, 9.17) is 0 Å². The molecule has 4 nitrogen and oxygen atoms in total. The molecular weight excluding hydrogens is 245 g/mol. The average Bonchev–Trinajstić information content (AvgIpc) is 2.69. The molecule has 2 fully saturated rings. The number of hydrogen-bond acceptors (Lipinski definition) is 2. The molecule has 1 aromatic carbocycles. The summed E-state index contributed by atoms with van der Waals surface area (Å²) in [6.07, 6.45) is 0.845. The maximum atomic E-state index is 13.4. The maximum absolute atomic E-state index is 13.4. The molecule has 19 heavy (non-hydrogen) atoms. The van der Waals surface area contributed by atoms with E-state index in [1.807, 2.05) is 20.2 Å². The molecule has 1 aliphatic heterocycles. The summed E-state index contributed by atoms with van der Waals surface area (Å²) in [6.45, 7) is 0.639. The second-order valence-electron chi connectivity index (χ2n) is 5.74. The number of amides is 2. The van der Waals surface area contributed by atoms with Gasteiger partial charge in [-0.3, -0.25) is 0 Å². The number of nitrogens with one attached hydrogen (secondary N) is 2. The van der Waals surface area contributed by atoms with Crippen LogP contribution < -0.4 is 10.6 Å². The third-order valence-corrected chi connectivity index (χ3v) is 4.29. The van der Waals surface area contributed by atoms with Crippen LogP contribution in [0.2, 0.25) is 0 Å². The molecule has 102 valence electrons. The highest BCUT2D eigenvalue weighted by Gasteiger charge is 2.58. The van der Waals surface area contributed by atoms with Gasteiger partial charge in [-0.25, -0.2) is 9.18 Å². The van der Waals surface area contributed by atoms with Gasteiger partial charge in [-0.2, -0.15) is 0 Å². The normalized spacial score (nSPS) is 33.2. The van der Waals surface area contributed by atoms with Crippen molar-refractivity contribution in [2.45, 2.75) is 23.9 Å². The highest BCUT2D eigenvalue weighted by Crippen LogP contribution is 2.48. The summed E-state index contributed by atoms with van der Waals surface area (Å²) in [6, 6.07) is 6.84. The van der Waals surface area contributed by atoms with E-state index < -0.39 is 0 Å². The van der Waals surface area contributed by atoms with Crippen molar-refractivity contribution >= 4 is 6.03 Å². The van der Waals surface area contributed by atoms with Crippen LogP contribution in [-0.2, 0) is 0 Å². The average molecular weight is 263 g/mol. The Hall–Kier alpha value is -1.62.